The Bertz CT molecular complexity index is 2060. The second-order valence-electron chi connectivity index (χ2n) is 11.0. The number of nitrogens with one attached hydrogen (secondary N) is 3. The summed E-state index contributed by atoms with van der Waals surface area (Å²) < 4.78 is 21.8. The van der Waals surface area contributed by atoms with Crippen molar-refractivity contribution in [1.82, 2.24) is 5.32 Å². The molecule has 0 bridgehead atoms. The van der Waals surface area contributed by atoms with Crippen LogP contribution in [0.3, 0.4) is 0 Å². The summed E-state index contributed by atoms with van der Waals surface area (Å²) in [5.41, 5.74) is 2.48. The van der Waals surface area contributed by atoms with Crippen LogP contribution in [0.4, 0.5) is 11.4 Å². The predicted octanol–water partition coefficient (Wildman–Crippen LogP) is 8.26. The maximum atomic E-state index is 13.8. The average molecular weight is 738 g/mol. The summed E-state index contributed by atoms with van der Waals surface area (Å²) in [5, 5.41) is 8.37. The molecule has 1 atom stereocenters. The number of carbonyl (C=O) groups excluding carboxylic acids is 3. The molecule has 0 aliphatic heterocycles. The Kier molecular flexibility index (Phi) is 12.8. The van der Waals surface area contributed by atoms with Gasteiger partial charge in [-0.15, -0.1) is 11.8 Å². The SMILES string of the molecule is COc1cc(OC)c(OC)cc1/C=C(\NC(=O)c1ccccc1)C(=O)Nc1ccc(SC(C(=O)Nc2cc(Cl)ccc2OC)c2ccccc2)cc1. The van der Waals surface area contributed by atoms with Crippen molar-refractivity contribution in [2.24, 2.45) is 0 Å². The maximum Gasteiger partial charge on any atom is 0.272 e. The van der Waals surface area contributed by atoms with Gasteiger partial charge in [-0.3, -0.25) is 14.4 Å². The van der Waals surface area contributed by atoms with Crippen molar-refractivity contribution in [2.75, 3.05) is 39.1 Å². The molecule has 0 radical (unpaired) electrons. The molecule has 0 aliphatic carbocycles. The number of amides is 3. The van der Waals surface area contributed by atoms with Gasteiger partial charge in [0.15, 0.2) is 11.5 Å². The van der Waals surface area contributed by atoms with E-state index in [1.807, 2.05) is 30.3 Å². The Morgan fingerprint density at radius 3 is 1.92 bits per heavy atom. The zero-order chi connectivity index (χ0) is 37.0. The van der Waals surface area contributed by atoms with Gasteiger partial charge in [0.25, 0.3) is 11.8 Å². The largest absolute Gasteiger partial charge is 0.496 e. The van der Waals surface area contributed by atoms with Crippen LogP contribution in [0.5, 0.6) is 23.0 Å². The Balaban J connectivity index is 1.39. The molecule has 5 rings (SSSR count). The Labute approximate surface area is 311 Å². The molecule has 0 saturated heterocycles. The molecule has 1 unspecified atom stereocenters. The zero-order valence-electron chi connectivity index (χ0n) is 28.8. The molecule has 0 spiro atoms. The number of methoxy groups -OCH3 is 4. The first-order valence-corrected chi connectivity index (χ1v) is 17.1. The third-order valence-corrected chi connectivity index (χ3v) is 9.19. The molecule has 3 amide bonds. The number of anilines is 2. The van der Waals surface area contributed by atoms with Crippen molar-refractivity contribution in [3.63, 3.8) is 0 Å². The van der Waals surface area contributed by atoms with Gasteiger partial charge >= 0.3 is 0 Å². The summed E-state index contributed by atoms with van der Waals surface area (Å²) in [5.74, 6) is 0.378. The first kappa shape index (κ1) is 37.3. The molecule has 5 aromatic rings. The van der Waals surface area contributed by atoms with Gasteiger partial charge in [0.2, 0.25) is 5.91 Å². The second-order valence-corrected chi connectivity index (χ2v) is 12.7. The molecule has 0 aliphatic rings. The number of halogens is 1. The van der Waals surface area contributed by atoms with Crippen LogP contribution in [0.25, 0.3) is 6.08 Å². The molecule has 3 N–H and O–H groups in total. The van der Waals surface area contributed by atoms with Crippen LogP contribution >= 0.6 is 23.4 Å². The van der Waals surface area contributed by atoms with E-state index in [1.165, 1.54) is 46.3 Å². The van der Waals surface area contributed by atoms with Crippen LogP contribution in [0, 0.1) is 0 Å². The molecule has 266 valence electrons. The van der Waals surface area contributed by atoms with Gasteiger partial charge in [-0.1, -0.05) is 60.1 Å². The molecule has 5 aromatic carbocycles. The van der Waals surface area contributed by atoms with Crippen LogP contribution in [-0.4, -0.2) is 46.2 Å². The monoisotopic (exact) mass is 737 g/mol. The van der Waals surface area contributed by atoms with E-state index in [0.717, 1.165) is 10.5 Å². The molecule has 0 heterocycles. The molecular formula is C40H36ClN3O7S. The maximum absolute atomic E-state index is 13.8. The Morgan fingerprint density at radius 1 is 0.673 bits per heavy atom. The second kappa shape index (κ2) is 17.8. The van der Waals surface area contributed by atoms with E-state index < -0.39 is 17.1 Å². The van der Waals surface area contributed by atoms with E-state index in [-0.39, 0.29) is 11.6 Å². The fourth-order valence-electron chi connectivity index (χ4n) is 5.09. The summed E-state index contributed by atoms with van der Waals surface area (Å²) in [6.07, 6.45) is 1.50. The lowest BCUT2D eigenvalue weighted by atomic mass is 10.1. The molecular weight excluding hydrogens is 702 g/mol. The van der Waals surface area contributed by atoms with Gasteiger partial charge in [0.1, 0.15) is 22.4 Å². The third kappa shape index (κ3) is 9.45. The van der Waals surface area contributed by atoms with E-state index in [1.54, 1.807) is 84.9 Å². The lowest BCUT2D eigenvalue weighted by molar-refractivity contribution is -0.116. The quantitative estimate of drug-likeness (QED) is 0.0769. The first-order valence-electron chi connectivity index (χ1n) is 15.9. The highest BCUT2D eigenvalue weighted by Crippen LogP contribution is 2.39. The minimum absolute atomic E-state index is 0.0462. The van der Waals surface area contributed by atoms with Crippen molar-refractivity contribution in [3.05, 3.63) is 143 Å². The predicted molar refractivity (Wildman–Crippen MR) is 205 cm³/mol. The van der Waals surface area contributed by atoms with E-state index >= 15 is 0 Å². The number of thioether (sulfide) groups is 1. The van der Waals surface area contributed by atoms with Gasteiger partial charge in [0, 0.05) is 32.8 Å². The van der Waals surface area contributed by atoms with Gasteiger partial charge in [-0.2, -0.15) is 0 Å². The minimum atomic E-state index is -0.635. The van der Waals surface area contributed by atoms with Gasteiger partial charge in [-0.05, 0) is 72.3 Å². The van der Waals surface area contributed by atoms with Crippen molar-refractivity contribution >= 4 is 58.5 Å². The van der Waals surface area contributed by atoms with E-state index in [2.05, 4.69) is 16.0 Å². The molecule has 10 nitrogen and oxygen atoms in total. The van der Waals surface area contributed by atoms with Crippen molar-refractivity contribution in [2.45, 2.75) is 10.1 Å². The molecule has 0 fully saturated rings. The van der Waals surface area contributed by atoms with Gasteiger partial charge in [0.05, 0.1) is 34.1 Å². The van der Waals surface area contributed by atoms with E-state index in [4.69, 9.17) is 30.5 Å². The molecule has 52 heavy (non-hydrogen) atoms. The molecule has 0 aromatic heterocycles. The van der Waals surface area contributed by atoms with Crippen LogP contribution in [0.2, 0.25) is 5.02 Å². The smallest absolute Gasteiger partial charge is 0.272 e. The number of benzene rings is 5. The number of ether oxygens (including phenoxy) is 4. The summed E-state index contributed by atoms with van der Waals surface area (Å²) in [6, 6.07) is 33.2. The first-order chi connectivity index (χ1) is 25.2. The third-order valence-electron chi connectivity index (χ3n) is 7.69. The van der Waals surface area contributed by atoms with Crippen LogP contribution < -0.4 is 34.9 Å². The van der Waals surface area contributed by atoms with Gasteiger partial charge < -0.3 is 34.9 Å². The van der Waals surface area contributed by atoms with Crippen molar-refractivity contribution < 1.29 is 33.3 Å². The highest BCUT2D eigenvalue weighted by molar-refractivity contribution is 8.00. The normalized spacial score (nSPS) is 11.5. The fraction of sp³-hybridized carbons (Fsp3) is 0.125. The highest BCUT2D eigenvalue weighted by atomic mass is 35.5. The van der Waals surface area contributed by atoms with Crippen molar-refractivity contribution in [1.29, 1.82) is 0 Å². The number of hydrogen-bond acceptors (Lipinski definition) is 8. The van der Waals surface area contributed by atoms with Gasteiger partial charge in [-0.25, -0.2) is 0 Å². The number of hydrogen-bond donors (Lipinski definition) is 3. The zero-order valence-corrected chi connectivity index (χ0v) is 30.3. The summed E-state index contributed by atoms with van der Waals surface area (Å²) in [7, 11) is 6.01. The average Bonchev–Trinajstić information content (AvgIpc) is 3.17. The highest BCUT2D eigenvalue weighted by Gasteiger charge is 2.24. The van der Waals surface area contributed by atoms with Crippen molar-refractivity contribution in [3.8, 4) is 23.0 Å². The topological polar surface area (TPSA) is 124 Å². The minimum Gasteiger partial charge on any atom is -0.496 e. The van der Waals surface area contributed by atoms with Crippen LogP contribution in [0.1, 0.15) is 26.7 Å². The van der Waals surface area contributed by atoms with Crippen LogP contribution in [-0.2, 0) is 9.59 Å². The summed E-state index contributed by atoms with van der Waals surface area (Å²) >= 11 is 7.54. The van der Waals surface area contributed by atoms with Crippen LogP contribution in [0.15, 0.2) is 126 Å². The molecule has 0 saturated carbocycles. The number of carbonyl (C=O) groups is 3. The van der Waals surface area contributed by atoms with E-state index in [9.17, 15) is 14.4 Å². The lowest BCUT2D eigenvalue weighted by Gasteiger charge is -2.19. The Hall–Kier alpha value is -5.91. The summed E-state index contributed by atoms with van der Waals surface area (Å²) in [4.78, 5) is 41.5. The standard InChI is InChI=1S/C40H36ClN3O7S/c1-48-33-20-15-28(41)23-31(33)43-40(47)37(25-11-7-5-8-12-25)52-30-18-16-29(17-19-30)42-39(46)32(44-38(45)26-13-9-6-10-14-26)21-27-22-35(50-3)36(51-4)24-34(27)49-2/h5-24,37H,1-4H3,(H,42,46)(H,43,47)(H,44,45)/b32-21-. The molecule has 12 heteroatoms. The summed E-state index contributed by atoms with van der Waals surface area (Å²) in [6.45, 7) is 0. The number of rotatable bonds is 14. The lowest BCUT2D eigenvalue weighted by Crippen LogP contribution is -2.30. The fourth-order valence-corrected chi connectivity index (χ4v) is 6.29. The Morgan fingerprint density at radius 2 is 1.29 bits per heavy atom. The van der Waals surface area contributed by atoms with E-state index in [0.29, 0.717) is 50.5 Å².